The molecule has 0 radical (unpaired) electrons. The Kier molecular flexibility index (Phi) is 3.70. The summed E-state index contributed by atoms with van der Waals surface area (Å²) in [5.41, 5.74) is 1.70. The molecule has 7 heteroatoms. The number of phenolic OH excluding ortho intramolecular Hbond substituents is 1. The maximum Gasteiger partial charge on any atom is 0.146 e. The Morgan fingerprint density at radius 3 is 2.43 bits per heavy atom. The topological polar surface area (TPSA) is 38.0 Å². The van der Waals surface area contributed by atoms with Gasteiger partial charge in [-0.05, 0) is 18.2 Å². The molecule has 1 N–H and O–H groups in total. The lowest BCUT2D eigenvalue weighted by molar-refractivity contribution is 0.477. The van der Waals surface area contributed by atoms with Gasteiger partial charge in [-0.3, -0.25) is 0 Å². The molecule has 21 heavy (non-hydrogen) atoms. The zero-order valence-electron chi connectivity index (χ0n) is 10.7. The van der Waals surface area contributed by atoms with Crippen LogP contribution in [-0.4, -0.2) is 14.7 Å². The Morgan fingerprint density at radius 2 is 1.76 bits per heavy atom. The molecule has 1 aromatic heterocycles. The van der Waals surface area contributed by atoms with Crippen molar-refractivity contribution in [2.75, 3.05) is 0 Å². The number of aromatic nitrogens is 2. The molecule has 3 rings (SSSR count). The standard InChI is InChI=1S/C14H8Cl4N2O/c1-20-12-6(15)3-2-4-9(12)19-14(20)10-11(18)7(16)5-8(17)13(10)21/h2-5,21H,1H3. The van der Waals surface area contributed by atoms with Crippen molar-refractivity contribution in [1.29, 1.82) is 0 Å². The van der Waals surface area contributed by atoms with Gasteiger partial charge < -0.3 is 9.67 Å². The molecule has 0 fully saturated rings. The highest BCUT2D eigenvalue weighted by atomic mass is 35.5. The molecule has 0 saturated carbocycles. The second kappa shape index (κ2) is 5.25. The molecule has 108 valence electrons. The number of aryl methyl sites for hydroxylation is 1. The Labute approximate surface area is 140 Å². The Balaban J connectivity index is 2.42. The van der Waals surface area contributed by atoms with E-state index in [1.54, 1.807) is 23.7 Å². The summed E-state index contributed by atoms with van der Waals surface area (Å²) < 4.78 is 1.74. The zero-order valence-corrected chi connectivity index (χ0v) is 13.7. The number of para-hydroxylation sites is 1. The third-order valence-electron chi connectivity index (χ3n) is 3.21. The van der Waals surface area contributed by atoms with Gasteiger partial charge in [-0.1, -0.05) is 52.5 Å². The number of hydrogen-bond donors (Lipinski definition) is 1. The minimum absolute atomic E-state index is 0.109. The van der Waals surface area contributed by atoms with Crippen molar-refractivity contribution >= 4 is 57.4 Å². The van der Waals surface area contributed by atoms with Gasteiger partial charge in [0.1, 0.15) is 11.6 Å². The number of benzene rings is 2. The number of rotatable bonds is 1. The molecule has 0 aliphatic heterocycles. The normalized spacial score (nSPS) is 11.3. The van der Waals surface area contributed by atoms with E-state index in [-0.39, 0.29) is 26.4 Å². The number of imidazole rings is 1. The van der Waals surface area contributed by atoms with E-state index < -0.39 is 0 Å². The first-order valence-electron chi connectivity index (χ1n) is 5.89. The fourth-order valence-corrected chi connectivity index (χ4v) is 3.22. The van der Waals surface area contributed by atoms with Gasteiger partial charge in [-0.25, -0.2) is 4.98 Å². The number of halogens is 4. The maximum absolute atomic E-state index is 10.2. The van der Waals surface area contributed by atoms with E-state index in [0.29, 0.717) is 16.4 Å². The van der Waals surface area contributed by atoms with Crippen LogP contribution in [0.1, 0.15) is 0 Å². The molecule has 3 nitrogen and oxygen atoms in total. The fraction of sp³-hybridized carbons (Fsp3) is 0.0714. The predicted octanol–water partition coefficient (Wildman–Crippen LogP) is 5.56. The van der Waals surface area contributed by atoms with Gasteiger partial charge in [0.05, 0.1) is 36.7 Å². The fourth-order valence-electron chi connectivity index (χ4n) is 2.23. The molecule has 0 aliphatic carbocycles. The zero-order chi connectivity index (χ0) is 15.3. The largest absolute Gasteiger partial charge is 0.506 e. The predicted molar refractivity (Wildman–Crippen MR) is 87.9 cm³/mol. The van der Waals surface area contributed by atoms with E-state index in [1.807, 2.05) is 6.07 Å². The Bertz CT molecular complexity index is 847. The monoisotopic (exact) mass is 360 g/mol. The number of aromatic hydroxyl groups is 1. The van der Waals surface area contributed by atoms with Crippen LogP contribution in [-0.2, 0) is 7.05 Å². The highest BCUT2D eigenvalue weighted by Gasteiger charge is 2.22. The SMILES string of the molecule is Cn1c(-c2c(O)c(Cl)cc(Cl)c2Cl)nc2cccc(Cl)c21. The second-order valence-corrected chi connectivity index (χ2v) is 6.08. The third kappa shape index (κ3) is 2.25. The van der Waals surface area contributed by atoms with Gasteiger partial charge in [0.15, 0.2) is 0 Å². The summed E-state index contributed by atoms with van der Waals surface area (Å²) in [7, 11) is 1.78. The average Bonchev–Trinajstić information content (AvgIpc) is 2.76. The summed E-state index contributed by atoms with van der Waals surface area (Å²) in [4.78, 5) is 4.46. The van der Waals surface area contributed by atoms with E-state index >= 15 is 0 Å². The van der Waals surface area contributed by atoms with Gasteiger partial charge in [0.2, 0.25) is 0 Å². The van der Waals surface area contributed by atoms with Crippen molar-refractivity contribution in [2.45, 2.75) is 0 Å². The Hall–Kier alpha value is -1.13. The summed E-state index contributed by atoms with van der Waals surface area (Å²) in [5.74, 6) is 0.269. The first-order chi connectivity index (χ1) is 9.91. The first kappa shape index (κ1) is 14.8. The summed E-state index contributed by atoms with van der Waals surface area (Å²) in [5, 5.41) is 11.3. The molecular formula is C14H8Cl4N2O. The molecular weight excluding hydrogens is 354 g/mol. The van der Waals surface area contributed by atoms with Crippen molar-refractivity contribution in [3.63, 3.8) is 0 Å². The van der Waals surface area contributed by atoms with Gasteiger partial charge in [0.25, 0.3) is 0 Å². The molecule has 0 saturated heterocycles. The smallest absolute Gasteiger partial charge is 0.146 e. The van der Waals surface area contributed by atoms with Crippen LogP contribution in [0.3, 0.4) is 0 Å². The Morgan fingerprint density at radius 1 is 1.05 bits per heavy atom. The number of phenols is 1. The van der Waals surface area contributed by atoms with Crippen LogP contribution in [0.25, 0.3) is 22.4 Å². The minimum atomic E-state index is -0.166. The minimum Gasteiger partial charge on any atom is -0.506 e. The van der Waals surface area contributed by atoms with Crippen molar-refractivity contribution in [2.24, 2.45) is 7.05 Å². The summed E-state index contributed by atoms with van der Waals surface area (Å²) >= 11 is 24.4. The van der Waals surface area contributed by atoms with Gasteiger partial charge >= 0.3 is 0 Å². The quantitative estimate of drug-likeness (QED) is 0.576. The van der Waals surface area contributed by atoms with Gasteiger partial charge in [-0.2, -0.15) is 0 Å². The maximum atomic E-state index is 10.2. The summed E-state index contributed by atoms with van der Waals surface area (Å²) in [6, 6.07) is 6.78. The van der Waals surface area contributed by atoms with Crippen LogP contribution in [0.4, 0.5) is 0 Å². The number of hydrogen-bond acceptors (Lipinski definition) is 2. The van der Waals surface area contributed by atoms with E-state index in [9.17, 15) is 5.11 Å². The molecule has 0 spiro atoms. The average molecular weight is 362 g/mol. The summed E-state index contributed by atoms with van der Waals surface area (Å²) in [6.45, 7) is 0. The van der Waals surface area contributed by atoms with E-state index in [4.69, 9.17) is 46.4 Å². The first-order valence-corrected chi connectivity index (χ1v) is 7.40. The van der Waals surface area contributed by atoms with E-state index in [2.05, 4.69) is 4.98 Å². The molecule has 0 bridgehead atoms. The second-order valence-electron chi connectivity index (χ2n) is 4.48. The molecule has 0 amide bonds. The van der Waals surface area contributed by atoms with Crippen LogP contribution < -0.4 is 0 Å². The van der Waals surface area contributed by atoms with E-state index in [0.717, 1.165) is 5.52 Å². The lowest BCUT2D eigenvalue weighted by atomic mass is 10.2. The molecule has 0 unspecified atom stereocenters. The lowest BCUT2D eigenvalue weighted by Gasteiger charge is -2.10. The van der Waals surface area contributed by atoms with Crippen LogP contribution in [0.2, 0.25) is 20.1 Å². The van der Waals surface area contributed by atoms with E-state index in [1.165, 1.54) is 6.07 Å². The van der Waals surface area contributed by atoms with Crippen LogP contribution in [0, 0.1) is 0 Å². The number of nitrogens with zero attached hydrogens (tertiary/aromatic N) is 2. The van der Waals surface area contributed by atoms with Crippen LogP contribution in [0.15, 0.2) is 24.3 Å². The van der Waals surface area contributed by atoms with Crippen molar-refractivity contribution in [1.82, 2.24) is 9.55 Å². The van der Waals surface area contributed by atoms with Crippen molar-refractivity contribution in [3.05, 3.63) is 44.4 Å². The van der Waals surface area contributed by atoms with Crippen molar-refractivity contribution in [3.8, 4) is 17.1 Å². The molecule has 1 heterocycles. The lowest BCUT2D eigenvalue weighted by Crippen LogP contribution is -1.95. The van der Waals surface area contributed by atoms with Crippen molar-refractivity contribution < 1.29 is 5.11 Å². The van der Waals surface area contributed by atoms with Crippen LogP contribution >= 0.6 is 46.4 Å². The van der Waals surface area contributed by atoms with Crippen LogP contribution in [0.5, 0.6) is 5.75 Å². The molecule has 0 atom stereocenters. The molecule has 2 aromatic carbocycles. The molecule has 0 aliphatic rings. The van der Waals surface area contributed by atoms with Gasteiger partial charge in [0, 0.05) is 7.05 Å². The highest BCUT2D eigenvalue weighted by molar-refractivity contribution is 6.45. The highest BCUT2D eigenvalue weighted by Crippen LogP contribution is 2.45. The molecule has 3 aromatic rings. The number of fused-ring (bicyclic) bond motifs is 1. The third-order valence-corrected chi connectivity index (χ3v) is 4.59. The van der Waals surface area contributed by atoms with Gasteiger partial charge in [-0.15, -0.1) is 0 Å². The summed E-state index contributed by atoms with van der Waals surface area (Å²) in [6.07, 6.45) is 0.